The van der Waals surface area contributed by atoms with Gasteiger partial charge in [0.1, 0.15) is 0 Å². The molecule has 0 saturated carbocycles. The molecule has 0 radical (unpaired) electrons. The quantitative estimate of drug-likeness (QED) is 0.417. The highest BCUT2D eigenvalue weighted by Gasteiger charge is 2.48. The molecule has 0 spiro atoms. The summed E-state index contributed by atoms with van der Waals surface area (Å²) in [4.78, 5) is 0. The Bertz CT molecular complexity index is 397. The molecule has 0 saturated heterocycles. The molecule has 0 N–H and O–H groups in total. The summed E-state index contributed by atoms with van der Waals surface area (Å²) in [6.45, 7) is 19.6. The molecule has 0 fully saturated rings. The lowest BCUT2D eigenvalue weighted by molar-refractivity contribution is 0.124. The third-order valence-corrected chi connectivity index (χ3v) is 20.0. The second-order valence-corrected chi connectivity index (χ2v) is 28.4. The Morgan fingerprint density at radius 3 is 1.24 bits per heavy atom. The zero-order chi connectivity index (χ0) is 20.2. The first-order valence-corrected chi connectivity index (χ1v) is 22.9. The minimum absolute atomic E-state index is 0.682. The van der Waals surface area contributed by atoms with Crippen LogP contribution in [0.3, 0.4) is 0 Å². The molecule has 0 amide bonds. The van der Waals surface area contributed by atoms with Gasteiger partial charge in [-0.2, -0.15) is 0 Å². The lowest BCUT2D eigenvalue weighted by Crippen LogP contribution is -2.57. The summed E-state index contributed by atoms with van der Waals surface area (Å²) in [5.74, 6) is 0. The van der Waals surface area contributed by atoms with E-state index >= 15 is 0 Å². The Kier molecular flexibility index (Phi) is 9.68. The van der Waals surface area contributed by atoms with Crippen LogP contribution in [-0.4, -0.2) is 63.9 Å². The molecule has 1 unspecified atom stereocenters. The molecule has 0 heterocycles. The summed E-state index contributed by atoms with van der Waals surface area (Å²) in [6.07, 6.45) is 0. The van der Waals surface area contributed by atoms with Gasteiger partial charge in [0, 0.05) is 27.4 Å². The molecule has 0 aromatic carbocycles. The summed E-state index contributed by atoms with van der Waals surface area (Å²) < 4.78 is 36.4. The lowest BCUT2D eigenvalue weighted by Gasteiger charge is -2.42. The van der Waals surface area contributed by atoms with Crippen LogP contribution in [0.2, 0.25) is 71.0 Å². The van der Waals surface area contributed by atoms with Crippen molar-refractivity contribution in [3.05, 3.63) is 0 Å². The largest absolute Gasteiger partial charge is 0.500 e. The van der Waals surface area contributed by atoms with Crippen molar-refractivity contribution in [3.63, 3.8) is 0 Å². The van der Waals surface area contributed by atoms with Gasteiger partial charge in [-0.15, -0.1) is 0 Å². The average Bonchev–Trinajstić information content (AvgIpc) is 2.34. The van der Waals surface area contributed by atoms with E-state index in [1.807, 2.05) is 0 Å². The van der Waals surface area contributed by atoms with Gasteiger partial charge in [-0.3, -0.25) is 0 Å². The van der Waals surface area contributed by atoms with E-state index in [2.05, 4.69) is 58.9 Å². The monoisotopic (exact) mass is 444 g/mol. The topological polar surface area (TPSA) is 55.4 Å². The van der Waals surface area contributed by atoms with Gasteiger partial charge in [0.2, 0.25) is 0 Å². The fraction of sp³-hybridized carbons (Fsp3) is 1.00. The number of hydrogen-bond donors (Lipinski definition) is 0. The van der Waals surface area contributed by atoms with Gasteiger partial charge in [-0.05, 0) is 65.0 Å². The molecule has 0 aromatic rings. The van der Waals surface area contributed by atoms with Gasteiger partial charge >= 0.3 is 25.9 Å². The lowest BCUT2D eigenvalue weighted by atomic mass is 10.9. The van der Waals surface area contributed by atoms with E-state index in [-0.39, 0.29) is 0 Å². The predicted molar refractivity (Wildman–Crippen MR) is 115 cm³/mol. The van der Waals surface area contributed by atoms with Gasteiger partial charge in [0.15, 0.2) is 16.6 Å². The van der Waals surface area contributed by atoms with Crippen molar-refractivity contribution in [2.24, 2.45) is 0 Å². The van der Waals surface area contributed by atoms with Gasteiger partial charge in [0.05, 0.1) is 0 Å². The average molecular weight is 445 g/mol. The third kappa shape index (κ3) is 10.7. The highest BCUT2D eigenvalue weighted by molar-refractivity contribution is 6.89. The molecule has 0 rings (SSSR count). The summed E-state index contributed by atoms with van der Waals surface area (Å²) >= 11 is 0. The highest BCUT2D eigenvalue weighted by atomic mass is 28.5. The maximum Gasteiger partial charge on any atom is 0.500 e. The van der Waals surface area contributed by atoms with Gasteiger partial charge in [-0.25, -0.2) is 0 Å². The van der Waals surface area contributed by atoms with E-state index in [0.29, 0.717) is 6.04 Å². The first-order chi connectivity index (χ1) is 11.0. The molecule has 0 aliphatic rings. The van der Waals surface area contributed by atoms with Crippen LogP contribution < -0.4 is 0 Å². The normalized spacial score (nSPS) is 16.8. The summed E-state index contributed by atoms with van der Waals surface area (Å²) in [6, 6.07) is 1.45. The molecule has 0 aliphatic carbocycles. The first kappa shape index (κ1) is 25.8. The van der Waals surface area contributed by atoms with Crippen LogP contribution in [-0.2, 0) is 25.6 Å². The smallest absolute Gasteiger partial charge is 0.437 e. The Balaban J connectivity index is 5.38. The van der Waals surface area contributed by atoms with Crippen LogP contribution in [0.1, 0.15) is 0 Å². The molecule has 0 aliphatic heterocycles. The van der Waals surface area contributed by atoms with E-state index in [0.717, 1.165) is 6.04 Å². The maximum atomic E-state index is 6.66. The number of rotatable bonds is 12. The van der Waals surface area contributed by atoms with Gasteiger partial charge in [0.25, 0.3) is 0 Å². The molecule has 1 atom stereocenters. The van der Waals surface area contributed by atoms with Crippen LogP contribution >= 0.6 is 0 Å². The van der Waals surface area contributed by atoms with E-state index in [9.17, 15) is 0 Å². The van der Waals surface area contributed by atoms with Crippen molar-refractivity contribution in [1.29, 1.82) is 0 Å². The summed E-state index contributed by atoms with van der Waals surface area (Å²) in [5.41, 5.74) is 0. The fourth-order valence-corrected chi connectivity index (χ4v) is 24.3. The molecule has 0 bridgehead atoms. The minimum atomic E-state index is -2.65. The van der Waals surface area contributed by atoms with E-state index in [1.54, 1.807) is 21.3 Å². The van der Waals surface area contributed by atoms with E-state index in [1.165, 1.54) is 0 Å². The van der Waals surface area contributed by atoms with Crippen molar-refractivity contribution in [2.45, 2.75) is 71.0 Å². The zero-order valence-corrected chi connectivity index (χ0v) is 23.4. The molecular weight excluding hydrogens is 405 g/mol. The van der Waals surface area contributed by atoms with Crippen LogP contribution in [0.15, 0.2) is 0 Å². The summed E-state index contributed by atoms with van der Waals surface area (Å²) in [7, 11) is -5.92. The molecule has 11 heteroatoms. The zero-order valence-electron chi connectivity index (χ0n) is 18.4. The Hall–Kier alpha value is 0.844. The maximum absolute atomic E-state index is 6.66. The van der Waals surface area contributed by atoms with E-state index in [4.69, 9.17) is 25.6 Å². The molecule has 6 nitrogen and oxygen atoms in total. The highest BCUT2D eigenvalue weighted by Crippen LogP contribution is 2.30. The fourth-order valence-electron chi connectivity index (χ4n) is 2.99. The standard InChI is InChI=1S/C14H40O6Si5/c1-15-25(16-2,17-3)14-13-24(12,19-22(7,8)9)20-23(10,11)18-21(4,5)6/h13-14H2,1-12H3. The van der Waals surface area contributed by atoms with Crippen LogP contribution in [0.5, 0.6) is 0 Å². The third-order valence-electron chi connectivity index (χ3n) is 3.35. The Morgan fingerprint density at radius 2 is 0.920 bits per heavy atom. The molecule has 0 aromatic heterocycles. The second kappa shape index (κ2) is 9.36. The molecule has 152 valence electrons. The van der Waals surface area contributed by atoms with Crippen molar-refractivity contribution in [1.82, 2.24) is 0 Å². The predicted octanol–water partition coefficient (Wildman–Crippen LogP) is 4.36. The molecular formula is C14H40O6Si5. The first-order valence-electron chi connectivity index (χ1n) is 8.77. The second-order valence-electron chi connectivity index (χ2n) is 8.86. The SMILES string of the molecule is CO[Si](CC[Si](C)(O[Si](C)(C)C)O[Si](C)(C)O[Si](C)(C)C)(OC)OC. The number of hydrogen-bond acceptors (Lipinski definition) is 6. The molecule has 25 heavy (non-hydrogen) atoms. The van der Waals surface area contributed by atoms with Crippen molar-refractivity contribution in [3.8, 4) is 0 Å². The van der Waals surface area contributed by atoms with Crippen molar-refractivity contribution in [2.75, 3.05) is 21.3 Å². The van der Waals surface area contributed by atoms with E-state index < -0.39 is 42.6 Å². The van der Waals surface area contributed by atoms with Gasteiger partial charge in [-0.1, -0.05) is 0 Å². The van der Waals surface area contributed by atoms with Crippen molar-refractivity contribution < 1.29 is 25.6 Å². The minimum Gasteiger partial charge on any atom is -0.437 e. The van der Waals surface area contributed by atoms with Crippen LogP contribution in [0.4, 0.5) is 0 Å². The van der Waals surface area contributed by atoms with Gasteiger partial charge < -0.3 is 25.6 Å². The van der Waals surface area contributed by atoms with Crippen LogP contribution in [0.25, 0.3) is 0 Å². The summed E-state index contributed by atoms with van der Waals surface area (Å²) in [5, 5.41) is 0. The van der Waals surface area contributed by atoms with Crippen molar-refractivity contribution >= 4 is 42.6 Å². The Morgan fingerprint density at radius 1 is 0.520 bits per heavy atom. The van der Waals surface area contributed by atoms with Crippen LogP contribution in [0, 0.1) is 0 Å². The Labute approximate surface area is 160 Å².